The third-order valence-corrected chi connectivity index (χ3v) is 3.03. The van der Waals surface area contributed by atoms with Crippen LogP contribution in [0.15, 0.2) is 51.7 Å². The van der Waals surface area contributed by atoms with Gasteiger partial charge in [-0.05, 0) is 30.3 Å². The van der Waals surface area contributed by atoms with Gasteiger partial charge in [-0.3, -0.25) is 0 Å². The van der Waals surface area contributed by atoms with Crippen LogP contribution in [0.4, 0.5) is 22.0 Å². The Bertz CT molecular complexity index is 978. The Morgan fingerprint density at radius 3 is 2.52 bits per heavy atom. The lowest BCUT2D eigenvalue weighted by Crippen LogP contribution is -2.15. The summed E-state index contributed by atoms with van der Waals surface area (Å²) in [5.74, 6) is -3.39. The molecule has 10 heteroatoms. The predicted octanol–water partition coefficient (Wildman–Crippen LogP) is 3.91. The van der Waals surface area contributed by atoms with E-state index in [2.05, 4.69) is 9.52 Å². The van der Waals surface area contributed by atoms with Crippen molar-refractivity contribution in [1.82, 2.24) is 9.78 Å². The normalized spacial score (nSPS) is 11.6. The average Bonchev–Trinajstić information content (AvgIpc) is 2.87. The van der Waals surface area contributed by atoms with Gasteiger partial charge < -0.3 is 9.15 Å². The van der Waals surface area contributed by atoms with Gasteiger partial charge >= 0.3 is 18.0 Å². The minimum absolute atomic E-state index is 0.289. The lowest BCUT2D eigenvalue weighted by molar-refractivity contribution is -0.137. The van der Waals surface area contributed by atoms with Gasteiger partial charge in [0.15, 0.2) is 5.82 Å². The molecule has 130 valence electrons. The summed E-state index contributed by atoms with van der Waals surface area (Å²) < 4.78 is 74.6. The average molecular weight is 358 g/mol. The molecule has 2 aromatic carbocycles. The van der Waals surface area contributed by atoms with Gasteiger partial charge in [-0.25, -0.2) is 13.6 Å². The summed E-state index contributed by atoms with van der Waals surface area (Å²) in [5.41, 5.74) is -1.38. The lowest BCUT2D eigenvalue weighted by atomic mass is 10.2. The fourth-order valence-corrected chi connectivity index (χ4v) is 1.94. The molecule has 3 aromatic rings. The number of hydrogen-bond acceptors (Lipinski definition) is 4. The van der Waals surface area contributed by atoms with Gasteiger partial charge in [0.05, 0.1) is 5.56 Å². The van der Waals surface area contributed by atoms with Gasteiger partial charge in [-0.15, -0.1) is 0 Å². The number of ether oxygens (including phenoxy) is 1. The third-order valence-electron chi connectivity index (χ3n) is 3.03. The fourth-order valence-electron chi connectivity index (χ4n) is 1.94. The summed E-state index contributed by atoms with van der Waals surface area (Å²) in [7, 11) is 0. The summed E-state index contributed by atoms with van der Waals surface area (Å²) in [5, 5.41) is 3.53. The third kappa shape index (κ3) is 3.52. The minimum Gasteiger partial charge on any atom is -0.410 e. The Hall–Kier alpha value is -3.17. The van der Waals surface area contributed by atoms with Crippen molar-refractivity contribution in [2.45, 2.75) is 6.18 Å². The molecule has 1 aromatic heterocycles. The molecule has 0 saturated carbocycles. The van der Waals surface area contributed by atoms with Crippen LogP contribution in [0.5, 0.6) is 11.8 Å². The van der Waals surface area contributed by atoms with Crippen LogP contribution >= 0.6 is 0 Å². The highest BCUT2D eigenvalue weighted by Crippen LogP contribution is 2.32. The highest BCUT2D eigenvalue weighted by atomic mass is 19.4. The number of alkyl halides is 3. The zero-order chi connectivity index (χ0) is 18.2. The number of benzene rings is 2. The van der Waals surface area contributed by atoms with E-state index in [9.17, 15) is 26.7 Å². The standard InChI is InChI=1S/C15H7F5N2O3/c16-9-4-5-12(11(17)7-9)22-14(23)25-13(21-22)24-10-3-1-2-8(6-10)15(18,19)20/h1-7H. The summed E-state index contributed by atoms with van der Waals surface area (Å²) in [4.78, 5) is 11.7. The number of nitrogens with zero attached hydrogens (tertiary/aromatic N) is 2. The summed E-state index contributed by atoms with van der Waals surface area (Å²) in [6.07, 6.45) is -5.29. The van der Waals surface area contributed by atoms with E-state index in [1.165, 1.54) is 6.07 Å². The maximum Gasteiger partial charge on any atom is 0.444 e. The van der Waals surface area contributed by atoms with Gasteiger partial charge in [-0.2, -0.15) is 17.9 Å². The van der Waals surface area contributed by atoms with Crippen LogP contribution < -0.4 is 10.5 Å². The molecule has 0 spiro atoms. The quantitative estimate of drug-likeness (QED) is 0.666. The first kappa shape index (κ1) is 16.7. The number of aromatic nitrogens is 2. The van der Waals surface area contributed by atoms with Crippen molar-refractivity contribution in [3.8, 4) is 17.5 Å². The van der Waals surface area contributed by atoms with Crippen molar-refractivity contribution in [2.24, 2.45) is 0 Å². The Balaban J connectivity index is 1.92. The maximum atomic E-state index is 13.7. The van der Waals surface area contributed by atoms with E-state index in [1.54, 1.807) is 0 Å². The largest absolute Gasteiger partial charge is 0.444 e. The van der Waals surface area contributed by atoms with Crippen molar-refractivity contribution >= 4 is 0 Å². The van der Waals surface area contributed by atoms with Crippen LogP contribution in [0.3, 0.4) is 0 Å². The van der Waals surface area contributed by atoms with Crippen LogP contribution in [0.25, 0.3) is 5.69 Å². The molecule has 1 heterocycles. The molecule has 0 radical (unpaired) electrons. The molecule has 0 aliphatic heterocycles. The molecule has 0 saturated heterocycles. The van der Waals surface area contributed by atoms with Crippen molar-refractivity contribution in [3.63, 3.8) is 0 Å². The second-order valence-electron chi connectivity index (χ2n) is 4.77. The molecule has 0 unspecified atom stereocenters. The molecule has 25 heavy (non-hydrogen) atoms. The second-order valence-corrected chi connectivity index (χ2v) is 4.77. The van der Waals surface area contributed by atoms with Crippen LogP contribution in [0, 0.1) is 11.6 Å². The van der Waals surface area contributed by atoms with Gasteiger partial charge in [0.25, 0.3) is 0 Å². The SMILES string of the molecule is O=c1oc(Oc2cccc(C(F)(F)F)c2)nn1-c1ccc(F)cc1F. The first-order valence-corrected chi connectivity index (χ1v) is 6.65. The lowest BCUT2D eigenvalue weighted by Gasteiger charge is -2.07. The molecule has 0 fully saturated rings. The fraction of sp³-hybridized carbons (Fsp3) is 0.0667. The Labute approximate surface area is 135 Å². The Morgan fingerprint density at radius 1 is 1.08 bits per heavy atom. The molecule has 0 bridgehead atoms. The van der Waals surface area contributed by atoms with Crippen molar-refractivity contribution in [3.05, 3.63) is 70.2 Å². The number of rotatable bonds is 3. The van der Waals surface area contributed by atoms with E-state index in [0.29, 0.717) is 16.8 Å². The van der Waals surface area contributed by atoms with E-state index >= 15 is 0 Å². The zero-order valence-electron chi connectivity index (χ0n) is 12.1. The smallest absolute Gasteiger partial charge is 0.410 e. The molecule has 0 aliphatic carbocycles. The van der Waals surface area contributed by atoms with Crippen molar-refractivity contribution in [1.29, 1.82) is 0 Å². The highest BCUT2D eigenvalue weighted by molar-refractivity contribution is 5.33. The van der Waals surface area contributed by atoms with Gasteiger partial charge in [0.1, 0.15) is 17.3 Å². The first-order chi connectivity index (χ1) is 11.7. The number of hydrogen-bond donors (Lipinski definition) is 0. The highest BCUT2D eigenvalue weighted by Gasteiger charge is 2.30. The van der Waals surface area contributed by atoms with Crippen molar-refractivity contribution < 1.29 is 31.1 Å². The Morgan fingerprint density at radius 2 is 1.84 bits per heavy atom. The maximum absolute atomic E-state index is 13.7. The van der Waals surface area contributed by atoms with Crippen molar-refractivity contribution in [2.75, 3.05) is 0 Å². The molecule has 0 amide bonds. The zero-order valence-corrected chi connectivity index (χ0v) is 12.1. The van der Waals surface area contributed by atoms with Crippen LogP contribution in [-0.2, 0) is 6.18 Å². The van der Waals surface area contributed by atoms with Gasteiger partial charge in [0.2, 0.25) is 0 Å². The van der Waals surface area contributed by atoms with E-state index in [1.807, 2.05) is 0 Å². The second kappa shape index (κ2) is 6.04. The monoisotopic (exact) mass is 358 g/mol. The van der Waals surface area contributed by atoms with Crippen LogP contribution in [0.2, 0.25) is 0 Å². The molecular weight excluding hydrogens is 351 g/mol. The number of halogens is 5. The molecule has 5 nitrogen and oxygen atoms in total. The summed E-state index contributed by atoms with van der Waals surface area (Å²) in [6.45, 7) is 0. The van der Waals surface area contributed by atoms with E-state index in [-0.39, 0.29) is 5.75 Å². The molecule has 3 rings (SSSR count). The summed E-state index contributed by atoms with van der Waals surface area (Å²) >= 11 is 0. The van der Waals surface area contributed by atoms with Crippen LogP contribution in [0.1, 0.15) is 5.56 Å². The van der Waals surface area contributed by atoms with E-state index in [4.69, 9.17) is 4.74 Å². The Kier molecular flexibility index (Phi) is 4.03. The van der Waals surface area contributed by atoms with Gasteiger partial charge in [0, 0.05) is 6.07 Å². The summed E-state index contributed by atoms with van der Waals surface area (Å²) in [6, 6.07) is 6.16. The molecular formula is C15H7F5N2O3. The molecule has 0 atom stereocenters. The van der Waals surface area contributed by atoms with Crippen LogP contribution in [-0.4, -0.2) is 9.78 Å². The molecule has 0 aliphatic rings. The van der Waals surface area contributed by atoms with E-state index < -0.39 is 40.9 Å². The predicted molar refractivity (Wildman–Crippen MR) is 73.5 cm³/mol. The topological polar surface area (TPSA) is 57.3 Å². The molecule has 0 N–H and O–H groups in total. The minimum atomic E-state index is -4.59. The van der Waals surface area contributed by atoms with Gasteiger partial charge in [-0.1, -0.05) is 11.2 Å². The van der Waals surface area contributed by atoms with E-state index in [0.717, 1.165) is 24.3 Å². The first-order valence-electron chi connectivity index (χ1n) is 6.65.